The number of ether oxygens (including phenoxy) is 1. The van der Waals surface area contributed by atoms with Gasteiger partial charge in [0.05, 0.1) is 12.9 Å². The van der Waals surface area contributed by atoms with Gasteiger partial charge in [-0.3, -0.25) is 0 Å². The lowest BCUT2D eigenvalue weighted by Crippen LogP contribution is -2.20. The van der Waals surface area contributed by atoms with Crippen molar-refractivity contribution in [3.63, 3.8) is 0 Å². The van der Waals surface area contributed by atoms with Crippen molar-refractivity contribution < 1.29 is 9.15 Å². The zero-order valence-electron chi connectivity index (χ0n) is 11.7. The van der Waals surface area contributed by atoms with Gasteiger partial charge in [-0.25, -0.2) is 0 Å². The predicted molar refractivity (Wildman–Crippen MR) is 75.5 cm³/mol. The molecule has 0 bridgehead atoms. The van der Waals surface area contributed by atoms with E-state index >= 15 is 0 Å². The molecule has 1 unspecified atom stereocenters. The highest BCUT2D eigenvalue weighted by Gasteiger charge is 2.10. The number of rotatable bonds is 7. The lowest BCUT2D eigenvalue weighted by Gasteiger charge is -2.13. The second kappa shape index (κ2) is 6.74. The standard InChI is InChI=1S/C13H19N5O2/c1-3-6-20-13-17-11(14)16-12(18-13)15-9(2)8-10-5-4-7-19-10/h4-5,7,9H,3,6,8H2,1-2H3,(H3,14,15,16,17,18). The van der Waals surface area contributed by atoms with E-state index < -0.39 is 0 Å². The molecular weight excluding hydrogens is 258 g/mol. The van der Waals surface area contributed by atoms with Crippen LogP contribution in [-0.2, 0) is 6.42 Å². The van der Waals surface area contributed by atoms with Crippen molar-refractivity contribution in [3.8, 4) is 6.01 Å². The molecule has 0 fully saturated rings. The van der Waals surface area contributed by atoms with Crippen molar-refractivity contribution in [3.05, 3.63) is 24.2 Å². The van der Waals surface area contributed by atoms with E-state index in [2.05, 4.69) is 20.3 Å². The number of hydrogen-bond acceptors (Lipinski definition) is 7. The molecule has 2 rings (SSSR count). The molecule has 0 aliphatic rings. The van der Waals surface area contributed by atoms with Crippen LogP contribution < -0.4 is 15.8 Å². The van der Waals surface area contributed by atoms with Crippen LogP contribution in [0.25, 0.3) is 0 Å². The second-order valence-electron chi connectivity index (χ2n) is 4.48. The molecule has 0 radical (unpaired) electrons. The van der Waals surface area contributed by atoms with Crippen LogP contribution in [0.4, 0.5) is 11.9 Å². The van der Waals surface area contributed by atoms with Gasteiger partial charge in [-0.2, -0.15) is 15.0 Å². The Morgan fingerprint density at radius 2 is 2.25 bits per heavy atom. The van der Waals surface area contributed by atoms with Gasteiger partial charge in [0.25, 0.3) is 0 Å². The van der Waals surface area contributed by atoms with Crippen LogP contribution in [0.1, 0.15) is 26.0 Å². The van der Waals surface area contributed by atoms with Crippen LogP contribution in [0.15, 0.2) is 22.8 Å². The van der Waals surface area contributed by atoms with Crippen molar-refractivity contribution in [1.82, 2.24) is 15.0 Å². The fourth-order valence-electron chi connectivity index (χ4n) is 1.70. The second-order valence-corrected chi connectivity index (χ2v) is 4.48. The molecule has 0 saturated carbocycles. The first-order valence-electron chi connectivity index (χ1n) is 6.60. The number of furan rings is 1. The Labute approximate surface area is 117 Å². The van der Waals surface area contributed by atoms with Crippen LogP contribution in [0.3, 0.4) is 0 Å². The molecule has 1 atom stereocenters. The van der Waals surface area contributed by atoms with Crippen molar-refractivity contribution in [2.75, 3.05) is 17.7 Å². The topological polar surface area (TPSA) is 99.1 Å². The quantitative estimate of drug-likeness (QED) is 0.797. The molecule has 108 valence electrons. The number of hydrogen-bond donors (Lipinski definition) is 2. The molecule has 3 N–H and O–H groups in total. The summed E-state index contributed by atoms with van der Waals surface area (Å²) in [4.78, 5) is 12.1. The Hall–Kier alpha value is -2.31. The van der Waals surface area contributed by atoms with Crippen molar-refractivity contribution in [2.45, 2.75) is 32.7 Å². The Morgan fingerprint density at radius 1 is 1.40 bits per heavy atom. The number of nitrogens with zero attached hydrogens (tertiary/aromatic N) is 3. The van der Waals surface area contributed by atoms with E-state index in [1.165, 1.54) is 0 Å². The summed E-state index contributed by atoms with van der Waals surface area (Å²) in [6.45, 7) is 4.56. The summed E-state index contributed by atoms with van der Waals surface area (Å²) in [5.41, 5.74) is 5.64. The van der Waals surface area contributed by atoms with Gasteiger partial charge < -0.3 is 20.2 Å². The van der Waals surface area contributed by atoms with Gasteiger partial charge >= 0.3 is 6.01 Å². The average molecular weight is 277 g/mol. The smallest absolute Gasteiger partial charge is 0.323 e. The molecule has 20 heavy (non-hydrogen) atoms. The normalized spacial score (nSPS) is 12.1. The van der Waals surface area contributed by atoms with E-state index in [0.29, 0.717) is 12.6 Å². The summed E-state index contributed by atoms with van der Waals surface area (Å²) in [7, 11) is 0. The molecule has 0 aliphatic heterocycles. The highest BCUT2D eigenvalue weighted by molar-refractivity contribution is 5.33. The fraction of sp³-hybridized carbons (Fsp3) is 0.462. The Kier molecular flexibility index (Phi) is 4.75. The van der Waals surface area contributed by atoms with Crippen LogP contribution in [-0.4, -0.2) is 27.6 Å². The molecule has 7 nitrogen and oxygen atoms in total. The van der Waals surface area contributed by atoms with E-state index in [9.17, 15) is 0 Å². The van der Waals surface area contributed by atoms with Crippen LogP contribution in [0.2, 0.25) is 0 Å². The maximum Gasteiger partial charge on any atom is 0.323 e. The maximum atomic E-state index is 5.64. The zero-order valence-corrected chi connectivity index (χ0v) is 11.7. The van der Waals surface area contributed by atoms with Gasteiger partial charge in [0.1, 0.15) is 5.76 Å². The highest BCUT2D eigenvalue weighted by Crippen LogP contribution is 2.12. The van der Waals surface area contributed by atoms with E-state index in [-0.39, 0.29) is 18.0 Å². The fourth-order valence-corrected chi connectivity index (χ4v) is 1.70. The summed E-state index contributed by atoms with van der Waals surface area (Å²) in [5, 5.41) is 3.16. The molecule has 0 aromatic carbocycles. The van der Waals surface area contributed by atoms with Gasteiger partial charge in [-0.05, 0) is 25.5 Å². The van der Waals surface area contributed by atoms with E-state index in [4.69, 9.17) is 14.9 Å². The maximum absolute atomic E-state index is 5.64. The van der Waals surface area contributed by atoms with Gasteiger partial charge in [0, 0.05) is 12.5 Å². The lowest BCUT2D eigenvalue weighted by atomic mass is 10.2. The molecule has 2 heterocycles. The third-order valence-electron chi connectivity index (χ3n) is 2.53. The van der Waals surface area contributed by atoms with Gasteiger partial charge in [-0.15, -0.1) is 0 Å². The van der Waals surface area contributed by atoms with E-state index in [1.807, 2.05) is 26.0 Å². The van der Waals surface area contributed by atoms with Crippen LogP contribution in [0.5, 0.6) is 6.01 Å². The third-order valence-corrected chi connectivity index (χ3v) is 2.53. The summed E-state index contributed by atoms with van der Waals surface area (Å²) < 4.78 is 10.7. The van der Waals surface area contributed by atoms with Gasteiger partial charge in [-0.1, -0.05) is 6.92 Å². The van der Waals surface area contributed by atoms with Gasteiger partial charge in [0.15, 0.2) is 0 Å². The molecule has 0 spiro atoms. The van der Waals surface area contributed by atoms with E-state index in [1.54, 1.807) is 6.26 Å². The molecule has 0 aliphatic carbocycles. The predicted octanol–water partition coefficient (Wildman–Crippen LogP) is 1.88. The first kappa shape index (κ1) is 14.1. The summed E-state index contributed by atoms with van der Waals surface area (Å²) in [6.07, 6.45) is 3.26. The third kappa shape index (κ3) is 4.11. The largest absolute Gasteiger partial charge is 0.469 e. The number of nitrogen functional groups attached to an aromatic ring is 1. The minimum absolute atomic E-state index is 0.0991. The Balaban J connectivity index is 1.98. The van der Waals surface area contributed by atoms with Crippen LogP contribution >= 0.6 is 0 Å². The minimum atomic E-state index is 0.0991. The monoisotopic (exact) mass is 277 g/mol. The SMILES string of the molecule is CCCOc1nc(N)nc(NC(C)Cc2ccco2)n1. The van der Waals surface area contributed by atoms with Crippen molar-refractivity contribution in [1.29, 1.82) is 0 Å². The number of nitrogens with two attached hydrogens (primary N) is 1. The molecule has 7 heteroatoms. The minimum Gasteiger partial charge on any atom is -0.469 e. The van der Waals surface area contributed by atoms with Crippen LogP contribution in [0, 0.1) is 0 Å². The first-order valence-corrected chi connectivity index (χ1v) is 6.60. The lowest BCUT2D eigenvalue weighted by molar-refractivity contribution is 0.292. The van der Waals surface area contributed by atoms with Crippen molar-refractivity contribution >= 4 is 11.9 Å². The molecule has 0 saturated heterocycles. The molecular formula is C13H19N5O2. The Morgan fingerprint density at radius 3 is 2.95 bits per heavy atom. The molecule has 2 aromatic rings. The first-order chi connectivity index (χ1) is 9.67. The highest BCUT2D eigenvalue weighted by atomic mass is 16.5. The average Bonchev–Trinajstić information content (AvgIpc) is 2.88. The van der Waals surface area contributed by atoms with E-state index in [0.717, 1.165) is 18.6 Å². The summed E-state index contributed by atoms with van der Waals surface area (Å²) in [5.74, 6) is 1.44. The number of aromatic nitrogens is 3. The van der Waals surface area contributed by atoms with Gasteiger partial charge in [0.2, 0.25) is 11.9 Å². The number of anilines is 2. The Bertz CT molecular complexity index is 530. The summed E-state index contributed by atoms with van der Waals surface area (Å²) in [6, 6.07) is 4.13. The van der Waals surface area contributed by atoms with Crippen molar-refractivity contribution in [2.24, 2.45) is 0 Å². The molecule has 0 amide bonds. The number of nitrogens with one attached hydrogen (secondary N) is 1. The molecule has 2 aromatic heterocycles. The summed E-state index contributed by atoms with van der Waals surface area (Å²) >= 11 is 0. The zero-order chi connectivity index (χ0) is 14.4.